The van der Waals surface area contributed by atoms with Crippen LogP contribution in [0.1, 0.15) is 17.4 Å². The second-order valence-electron chi connectivity index (χ2n) is 5.01. The molecule has 3 aromatic rings. The average molecular weight is 362 g/mol. The van der Waals surface area contributed by atoms with Crippen molar-refractivity contribution in [2.45, 2.75) is 10.4 Å². The molecule has 0 fully saturated rings. The van der Waals surface area contributed by atoms with Crippen molar-refractivity contribution < 1.29 is 9.18 Å². The van der Waals surface area contributed by atoms with E-state index >= 15 is 0 Å². The van der Waals surface area contributed by atoms with Crippen LogP contribution in [0.2, 0.25) is 0 Å². The molecule has 24 heavy (non-hydrogen) atoms. The molecule has 0 bridgehead atoms. The lowest BCUT2D eigenvalue weighted by Crippen LogP contribution is -2.32. The Balaban J connectivity index is 1.79. The predicted molar refractivity (Wildman–Crippen MR) is 92.4 cm³/mol. The van der Waals surface area contributed by atoms with E-state index in [-0.39, 0.29) is 17.5 Å². The van der Waals surface area contributed by atoms with Crippen LogP contribution in [0.15, 0.2) is 52.6 Å². The molecule has 0 spiro atoms. The first-order chi connectivity index (χ1) is 11.6. The van der Waals surface area contributed by atoms with Crippen molar-refractivity contribution in [2.75, 3.05) is 5.75 Å². The number of carbonyl (C=O) groups is 1. The van der Waals surface area contributed by atoms with Gasteiger partial charge < -0.3 is 9.88 Å². The van der Waals surface area contributed by atoms with Crippen molar-refractivity contribution in [1.82, 2.24) is 19.9 Å². The summed E-state index contributed by atoms with van der Waals surface area (Å²) in [6.07, 6.45) is 5.08. The standard InChI is InChI=1S/C16H15FN4OS2/c1-21-8-6-18-15(21)14(11-4-2-3-5-12(11)17)20-13(22)10-24-16-19-7-9-23-16/h2-9,14H,10H2,1H3,(H,20,22). The molecular formula is C16H15FN4OS2. The number of nitrogens with one attached hydrogen (secondary N) is 1. The third kappa shape index (κ3) is 3.82. The topological polar surface area (TPSA) is 59.8 Å². The Hall–Kier alpha value is -2.19. The number of hydrogen-bond acceptors (Lipinski definition) is 5. The number of thioether (sulfide) groups is 1. The molecule has 8 heteroatoms. The Bertz CT molecular complexity index is 819. The van der Waals surface area contributed by atoms with E-state index in [0.29, 0.717) is 11.4 Å². The molecule has 124 valence electrons. The van der Waals surface area contributed by atoms with Gasteiger partial charge in [-0.1, -0.05) is 30.0 Å². The van der Waals surface area contributed by atoms with Crippen LogP contribution >= 0.6 is 23.1 Å². The molecule has 3 rings (SSSR count). The molecule has 0 aliphatic heterocycles. The van der Waals surface area contributed by atoms with E-state index in [4.69, 9.17) is 0 Å². The van der Waals surface area contributed by atoms with Crippen LogP contribution in [0.3, 0.4) is 0 Å². The van der Waals surface area contributed by atoms with E-state index in [2.05, 4.69) is 15.3 Å². The second-order valence-corrected chi connectivity index (χ2v) is 7.12. The van der Waals surface area contributed by atoms with Crippen LogP contribution in [-0.2, 0) is 11.8 Å². The average Bonchev–Trinajstić information content (AvgIpc) is 3.23. The summed E-state index contributed by atoms with van der Waals surface area (Å²) in [6.45, 7) is 0. The molecule has 0 aliphatic carbocycles. The highest BCUT2D eigenvalue weighted by Gasteiger charge is 2.23. The van der Waals surface area contributed by atoms with Crippen molar-refractivity contribution in [3.63, 3.8) is 0 Å². The number of amides is 1. The highest BCUT2D eigenvalue weighted by atomic mass is 32.2. The summed E-state index contributed by atoms with van der Waals surface area (Å²) < 4.78 is 16.8. The van der Waals surface area contributed by atoms with Gasteiger partial charge in [0.1, 0.15) is 22.0 Å². The molecule has 0 saturated carbocycles. The van der Waals surface area contributed by atoms with E-state index < -0.39 is 6.04 Å². The van der Waals surface area contributed by atoms with Crippen molar-refractivity contribution in [3.8, 4) is 0 Å². The van der Waals surface area contributed by atoms with Gasteiger partial charge in [0.25, 0.3) is 0 Å². The summed E-state index contributed by atoms with van der Waals surface area (Å²) in [5.41, 5.74) is 0.388. The van der Waals surface area contributed by atoms with Crippen LogP contribution in [-0.4, -0.2) is 26.2 Å². The summed E-state index contributed by atoms with van der Waals surface area (Å²) in [4.78, 5) is 20.7. The lowest BCUT2D eigenvalue weighted by atomic mass is 10.1. The number of hydrogen-bond donors (Lipinski definition) is 1. The maximum atomic E-state index is 14.2. The van der Waals surface area contributed by atoms with Crippen LogP contribution in [0.5, 0.6) is 0 Å². The Kier molecular flexibility index (Phi) is 5.27. The number of imidazole rings is 1. The summed E-state index contributed by atoms with van der Waals surface area (Å²) >= 11 is 2.83. The molecule has 0 aliphatic rings. The highest BCUT2D eigenvalue weighted by molar-refractivity contribution is 8.01. The number of thiazole rings is 1. The molecule has 1 N–H and O–H groups in total. The van der Waals surface area contributed by atoms with Crippen molar-refractivity contribution in [3.05, 3.63) is 65.4 Å². The number of aromatic nitrogens is 3. The van der Waals surface area contributed by atoms with Crippen LogP contribution in [0.4, 0.5) is 4.39 Å². The van der Waals surface area contributed by atoms with Gasteiger partial charge in [-0.3, -0.25) is 4.79 Å². The Morgan fingerprint density at radius 2 is 2.21 bits per heavy atom. The lowest BCUT2D eigenvalue weighted by Gasteiger charge is -2.19. The third-order valence-corrected chi connectivity index (χ3v) is 5.34. The number of rotatable bonds is 6. The first kappa shape index (κ1) is 16.7. The summed E-state index contributed by atoms with van der Waals surface area (Å²) in [6, 6.07) is 5.75. The second kappa shape index (κ2) is 7.59. The zero-order chi connectivity index (χ0) is 16.9. The minimum Gasteiger partial charge on any atom is -0.341 e. The lowest BCUT2D eigenvalue weighted by molar-refractivity contribution is -0.119. The van der Waals surface area contributed by atoms with Gasteiger partial charge in [0.15, 0.2) is 0 Å². The van der Waals surface area contributed by atoms with Gasteiger partial charge in [-0.15, -0.1) is 11.3 Å². The van der Waals surface area contributed by atoms with E-state index in [9.17, 15) is 9.18 Å². The number of carbonyl (C=O) groups excluding carboxylic acids is 1. The normalized spacial score (nSPS) is 12.1. The molecule has 1 atom stereocenters. The molecule has 1 amide bonds. The van der Waals surface area contributed by atoms with Crippen molar-refractivity contribution in [2.24, 2.45) is 7.05 Å². The predicted octanol–water partition coefficient (Wildman–Crippen LogP) is 3.01. The fourth-order valence-corrected chi connectivity index (χ4v) is 3.71. The molecule has 1 unspecified atom stereocenters. The number of halogens is 1. The van der Waals surface area contributed by atoms with Gasteiger partial charge in [-0.2, -0.15) is 0 Å². The number of aryl methyl sites for hydroxylation is 1. The molecular weight excluding hydrogens is 347 g/mol. The Morgan fingerprint density at radius 1 is 1.38 bits per heavy atom. The molecule has 5 nitrogen and oxygen atoms in total. The molecule has 0 saturated heterocycles. The third-order valence-electron chi connectivity index (χ3n) is 3.37. The molecule has 1 aromatic carbocycles. The Morgan fingerprint density at radius 3 is 2.88 bits per heavy atom. The first-order valence-electron chi connectivity index (χ1n) is 7.18. The Labute approximate surface area is 147 Å². The SMILES string of the molecule is Cn1ccnc1C(NC(=O)CSc1nccs1)c1ccccc1F. The van der Waals surface area contributed by atoms with Gasteiger partial charge in [-0.25, -0.2) is 14.4 Å². The molecule has 2 aromatic heterocycles. The van der Waals surface area contributed by atoms with E-state index in [0.717, 1.165) is 4.34 Å². The zero-order valence-corrected chi connectivity index (χ0v) is 14.5. The monoisotopic (exact) mass is 362 g/mol. The van der Waals surface area contributed by atoms with Crippen LogP contribution in [0.25, 0.3) is 0 Å². The summed E-state index contributed by atoms with van der Waals surface area (Å²) in [7, 11) is 1.81. The van der Waals surface area contributed by atoms with Gasteiger partial charge in [0.2, 0.25) is 5.91 Å². The van der Waals surface area contributed by atoms with Crippen LogP contribution in [0, 0.1) is 5.82 Å². The molecule has 2 heterocycles. The first-order valence-corrected chi connectivity index (χ1v) is 9.05. The highest BCUT2D eigenvalue weighted by Crippen LogP contribution is 2.24. The van der Waals surface area contributed by atoms with Crippen molar-refractivity contribution >= 4 is 29.0 Å². The summed E-state index contributed by atoms with van der Waals surface area (Å²) in [5.74, 6) is 0.209. The smallest absolute Gasteiger partial charge is 0.231 e. The van der Waals surface area contributed by atoms with E-state index in [1.54, 1.807) is 41.4 Å². The minimum atomic E-state index is -0.643. The maximum absolute atomic E-state index is 14.2. The number of nitrogens with zero attached hydrogens (tertiary/aromatic N) is 3. The number of benzene rings is 1. The van der Waals surface area contributed by atoms with E-state index in [1.807, 2.05) is 12.4 Å². The van der Waals surface area contributed by atoms with Gasteiger partial charge in [-0.05, 0) is 6.07 Å². The quantitative estimate of drug-likeness (QED) is 0.685. The van der Waals surface area contributed by atoms with E-state index in [1.165, 1.54) is 29.2 Å². The van der Waals surface area contributed by atoms with Crippen LogP contribution < -0.4 is 5.32 Å². The fourth-order valence-electron chi connectivity index (χ4n) is 2.26. The zero-order valence-electron chi connectivity index (χ0n) is 12.8. The van der Waals surface area contributed by atoms with Gasteiger partial charge in [0, 0.05) is 36.6 Å². The maximum Gasteiger partial charge on any atom is 0.231 e. The van der Waals surface area contributed by atoms with Gasteiger partial charge in [0.05, 0.1) is 5.75 Å². The van der Waals surface area contributed by atoms with Gasteiger partial charge >= 0.3 is 0 Å². The minimum absolute atomic E-state index is 0.202. The largest absolute Gasteiger partial charge is 0.341 e. The summed E-state index contributed by atoms with van der Waals surface area (Å²) in [5, 5.41) is 4.73. The van der Waals surface area contributed by atoms with Crippen molar-refractivity contribution in [1.29, 1.82) is 0 Å². The fraction of sp³-hybridized carbons (Fsp3) is 0.188. The molecule has 0 radical (unpaired) electrons.